The van der Waals surface area contributed by atoms with Crippen LogP contribution in [-0.4, -0.2) is 24.5 Å². The number of hydrogen-bond acceptors (Lipinski definition) is 4. The zero-order valence-corrected chi connectivity index (χ0v) is 11.8. The highest BCUT2D eigenvalue weighted by Gasteiger charge is 2.24. The maximum Gasteiger partial charge on any atom is 0.330 e. The first kappa shape index (κ1) is 15.4. The number of aliphatic hydroxyl groups excluding tert-OH is 1. The molecule has 0 aromatic heterocycles. The second-order valence-electron chi connectivity index (χ2n) is 3.89. The van der Waals surface area contributed by atoms with Crippen LogP contribution in [0.15, 0.2) is 30.3 Å². The Labute approximate surface area is 108 Å². The largest absolute Gasteiger partial charge is 0.388 e. The molecule has 102 valence electrons. The summed E-state index contributed by atoms with van der Waals surface area (Å²) in [5, 5.41) is 9.99. The molecule has 0 fully saturated rings. The van der Waals surface area contributed by atoms with Gasteiger partial charge in [0.2, 0.25) is 0 Å². The molecule has 1 aromatic carbocycles. The molecule has 1 rings (SSSR count). The smallest absolute Gasteiger partial charge is 0.330 e. The molecule has 0 aliphatic carbocycles. The molecule has 0 saturated heterocycles. The van der Waals surface area contributed by atoms with E-state index >= 15 is 0 Å². The minimum absolute atomic E-state index is 0.227. The van der Waals surface area contributed by atoms with Crippen molar-refractivity contribution in [3.05, 3.63) is 35.9 Å². The molecule has 0 aliphatic rings. The van der Waals surface area contributed by atoms with Crippen molar-refractivity contribution >= 4 is 7.60 Å². The molecular weight excluding hydrogens is 251 g/mol. The zero-order chi connectivity index (χ0) is 13.4. The number of benzene rings is 1. The van der Waals surface area contributed by atoms with Crippen molar-refractivity contribution in [2.24, 2.45) is 0 Å². The van der Waals surface area contributed by atoms with Crippen LogP contribution in [0.2, 0.25) is 0 Å². The van der Waals surface area contributed by atoms with Crippen molar-refractivity contribution < 1.29 is 18.7 Å². The Balaban J connectivity index is 2.55. The predicted octanol–water partition coefficient (Wildman–Crippen LogP) is 3.38. The van der Waals surface area contributed by atoms with Crippen LogP contribution in [0.4, 0.5) is 0 Å². The lowest BCUT2D eigenvalue weighted by molar-refractivity contribution is 0.165. The van der Waals surface area contributed by atoms with E-state index in [0.29, 0.717) is 19.6 Å². The average molecular weight is 272 g/mol. The van der Waals surface area contributed by atoms with E-state index in [9.17, 15) is 9.67 Å². The Morgan fingerprint density at radius 1 is 1.17 bits per heavy atom. The molecule has 5 heteroatoms. The summed E-state index contributed by atoms with van der Waals surface area (Å²) in [6.45, 7) is 4.25. The van der Waals surface area contributed by atoms with E-state index in [0.717, 1.165) is 5.56 Å². The Hall–Kier alpha value is -0.670. The molecule has 1 N–H and O–H groups in total. The fourth-order valence-electron chi connectivity index (χ4n) is 1.68. The normalized spacial score (nSPS) is 13.5. The molecular formula is C13H21O4P. The maximum absolute atomic E-state index is 12.2. The zero-order valence-electron chi connectivity index (χ0n) is 10.9. The van der Waals surface area contributed by atoms with Gasteiger partial charge >= 0.3 is 7.60 Å². The maximum atomic E-state index is 12.2. The first-order chi connectivity index (χ1) is 8.61. The summed E-state index contributed by atoms with van der Waals surface area (Å²) in [4.78, 5) is 0. The first-order valence-corrected chi connectivity index (χ1v) is 7.95. The summed E-state index contributed by atoms with van der Waals surface area (Å²) in [6.07, 6.45) is -0.0492. The third-order valence-corrected chi connectivity index (χ3v) is 4.62. The quantitative estimate of drug-likeness (QED) is 0.737. The lowest BCUT2D eigenvalue weighted by Gasteiger charge is -2.18. The fourth-order valence-corrected chi connectivity index (χ4v) is 3.36. The molecule has 0 heterocycles. The molecule has 0 spiro atoms. The lowest BCUT2D eigenvalue weighted by atomic mass is 10.1. The third kappa shape index (κ3) is 4.91. The van der Waals surface area contributed by atoms with Gasteiger partial charge in [-0.25, -0.2) is 0 Å². The summed E-state index contributed by atoms with van der Waals surface area (Å²) >= 11 is 0. The molecule has 1 aromatic rings. The van der Waals surface area contributed by atoms with Gasteiger partial charge in [-0.1, -0.05) is 30.3 Å². The minimum Gasteiger partial charge on any atom is -0.388 e. The van der Waals surface area contributed by atoms with Crippen LogP contribution >= 0.6 is 7.60 Å². The summed E-state index contributed by atoms with van der Waals surface area (Å²) in [5.74, 6) is 0. The Kier molecular flexibility index (Phi) is 6.58. The van der Waals surface area contributed by atoms with E-state index in [-0.39, 0.29) is 6.16 Å². The molecule has 4 nitrogen and oxygen atoms in total. The van der Waals surface area contributed by atoms with Crippen LogP contribution in [-0.2, 0) is 13.6 Å². The van der Waals surface area contributed by atoms with Crippen LogP contribution < -0.4 is 0 Å². The molecule has 0 radical (unpaired) electrons. The molecule has 0 saturated carbocycles. The van der Waals surface area contributed by atoms with Gasteiger partial charge in [-0.3, -0.25) is 4.57 Å². The van der Waals surface area contributed by atoms with Gasteiger partial charge in [0.05, 0.1) is 25.5 Å². The number of hydrogen-bond donors (Lipinski definition) is 1. The number of aliphatic hydroxyl groups is 1. The SMILES string of the molecule is CCOP(=O)(CCC(O)c1ccccc1)OCC. The van der Waals surface area contributed by atoms with Gasteiger partial charge in [0.15, 0.2) is 0 Å². The van der Waals surface area contributed by atoms with Gasteiger partial charge in [-0.15, -0.1) is 0 Å². The van der Waals surface area contributed by atoms with Crippen molar-refractivity contribution in [1.29, 1.82) is 0 Å². The van der Waals surface area contributed by atoms with Gasteiger partial charge in [-0.2, -0.15) is 0 Å². The van der Waals surface area contributed by atoms with Gasteiger partial charge in [-0.05, 0) is 25.8 Å². The second kappa shape index (κ2) is 7.70. The molecule has 0 amide bonds. The van der Waals surface area contributed by atoms with Gasteiger partial charge < -0.3 is 14.2 Å². The van der Waals surface area contributed by atoms with Gasteiger partial charge in [0.1, 0.15) is 0 Å². The topological polar surface area (TPSA) is 55.8 Å². The van der Waals surface area contributed by atoms with Crippen LogP contribution in [0.25, 0.3) is 0 Å². The molecule has 1 atom stereocenters. The fraction of sp³-hybridized carbons (Fsp3) is 0.538. The van der Waals surface area contributed by atoms with Crippen LogP contribution in [0.1, 0.15) is 31.9 Å². The average Bonchev–Trinajstić information content (AvgIpc) is 2.38. The van der Waals surface area contributed by atoms with Crippen LogP contribution in [0.5, 0.6) is 0 Å². The van der Waals surface area contributed by atoms with Crippen molar-refractivity contribution in [2.45, 2.75) is 26.4 Å². The summed E-state index contributed by atoms with van der Waals surface area (Å²) in [7, 11) is -3.05. The molecule has 0 bridgehead atoms. The summed E-state index contributed by atoms with van der Waals surface area (Å²) < 4.78 is 22.6. The third-order valence-electron chi connectivity index (χ3n) is 2.51. The van der Waals surface area contributed by atoms with E-state index in [1.165, 1.54) is 0 Å². The van der Waals surface area contributed by atoms with Gasteiger partial charge in [0.25, 0.3) is 0 Å². The highest BCUT2D eigenvalue weighted by molar-refractivity contribution is 7.53. The predicted molar refractivity (Wildman–Crippen MR) is 71.7 cm³/mol. The Morgan fingerprint density at radius 2 is 1.72 bits per heavy atom. The van der Waals surface area contributed by atoms with Crippen molar-refractivity contribution in [3.8, 4) is 0 Å². The highest BCUT2D eigenvalue weighted by Crippen LogP contribution is 2.49. The van der Waals surface area contributed by atoms with E-state index in [1.807, 2.05) is 30.3 Å². The second-order valence-corrected chi connectivity index (χ2v) is 6.07. The summed E-state index contributed by atoms with van der Waals surface area (Å²) in [6, 6.07) is 9.31. The minimum atomic E-state index is -3.05. The van der Waals surface area contributed by atoms with E-state index in [2.05, 4.69) is 0 Å². The summed E-state index contributed by atoms with van der Waals surface area (Å²) in [5.41, 5.74) is 0.817. The molecule has 18 heavy (non-hydrogen) atoms. The lowest BCUT2D eigenvalue weighted by Crippen LogP contribution is -2.05. The highest BCUT2D eigenvalue weighted by atomic mass is 31.2. The van der Waals surface area contributed by atoms with E-state index < -0.39 is 13.7 Å². The standard InChI is InChI=1S/C13H21O4P/c1-3-16-18(15,17-4-2)11-10-13(14)12-8-6-5-7-9-12/h5-9,13-14H,3-4,10-11H2,1-2H3. The van der Waals surface area contributed by atoms with Gasteiger partial charge in [0, 0.05) is 0 Å². The first-order valence-electron chi connectivity index (χ1n) is 6.22. The monoisotopic (exact) mass is 272 g/mol. The Bertz CT molecular complexity index is 370. The van der Waals surface area contributed by atoms with Crippen molar-refractivity contribution in [1.82, 2.24) is 0 Å². The van der Waals surface area contributed by atoms with Crippen LogP contribution in [0.3, 0.4) is 0 Å². The molecule has 0 aliphatic heterocycles. The van der Waals surface area contributed by atoms with E-state index in [1.54, 1.807) is 13.8 Å². The number of rotatable bonds is 8. The van der Waals surface area contributed by atoms with Crippen LogP contribution in [0, 0.1) is 0 Å². The Morgan fingerprint density at radius 3 is 2.22 bits per heavy atom. The van der Waals surface area contributed by atoms with Crippen molar-refractivity contribution in [2.75, 3.05) is 19.4 Å². The van der Waals surface area contributed by atoms with Crippen molar-refractivity contribution in [3.63, 3.8) is 0 Å². The van der Waals surface area contributed by atoms with E-state index in [4.69, 9.17) is 9.05 Å². The molecule has 1 unspecified atom stereocenters.